The Kier molecular flexibility index (Phi) is 16.4. The van der Waals surface area contributed by atoms with Gasteiger partial charge in [-0.15, -0.1) is 0 Å². The van der Waals surface area contributed by atoms with Crippen LogP contribution in [0, 0.1) is 50.2 Å². The number of hydrogen-bond donors (Lipinski definition) is 14. The fraction of sp³-hybridized carbons (Fsp3) is 0.925. The molecular formula is C53H84O24. The first-order valence-corrected chi connectivity index (χ1v) is 27.3. The molecule has 14 N–H and O–H groups in total. The molecule has 0 aromatic heterocycles. The first-order valence-electron chi connectivity index (χ1n) is 27.3. The largest absolute Gasteiger partial charge is 0.479 e. The minimum atomic E-state index is -2.14. The Morgan fingerprint density at radius 2 is 1.18 bits per heavy atom. The quantitative estimate of drug-likeness (QED) is 0.0586. The Labute approximate surface area is 446 Å². The molecule has 28 unspecified atom stereocenters. The van der Waals surface area contributed by atoms with Crippen molar-refractivity contribution in [2.45, 2.75) is 235 Å². The molecule has 8 fully saturated rings. The molecule has 0 aromatic rings. The first-order chi connectivity index (χ1) is 35.9. The number of fused-ring (bicyclic) bond motifs is 7. The Morgan fingerprint density at radius 3 is 1.83 bits per heavy atom. The van der Waals surface area contributed by atoms with Crippen molar-refractivity contribution in [3.05, 3.63) is 11.6 Å². The SMILES string of the molecule is CC1(C)CCC2(C(=O)OC3OC(CO)C(O)C(O)C3O)CCC3(C)C(=CCC4C5(C)CC(O)C(OC6OC(C(=O)O)C(O)C(OC7OC(CO)C(O)C(OC8OCC(O)C(O)C8O)C7O)C6O)C(C)(C)C5CCC43C)C2C1. The smallest absolute Gasteiger partial charge is 0.335 e. The van der Waals surface area contributed by atoms with Gasteiger partial charge < -0.3 is 109 Å². The number of ether oxygens (including phenoxy) is 8. The predicted octanol–water partition coefficient (Wildman–Crippen LogP) is -2.33. The zero-order valence-electron chi connectivity index (χ0n) is 44.8. The summed E-state index contributed by atoms with van der Waals surface area (Å²) in [5.74, 6) is -2.60. The monoisotopic (exact) mass is 1100 g/mol. The molecule has 4 saturated heterocycles. The third-order valence-electron chi connectivity index (χ3n) is 20.9. The van der Waals surface area contributed by atoms with Gasteiger partial charge in [-0.05, 0) is 103 Å². The van der Waals surface area contributed by atoms with Gasteiger partial charge in [0.25, 0.3) is 0 Å². The topological polar surface area (TPSA) is 391 Å². The third-order valence-corrected chi connectivity index (χ3v) is 20.9. The van der Waals surface area contributed by atoms with Crippen LogP contribution in [-0.4, -0.2) is 232 Å². The van der Waals surface area contributed by atoms with E-state index in [1.807, 2.05) is 13.8 Å². The van der Waals surface area contributed by atoms with E-state index < -0.39 is 182 Å². The van der Waals surface area contributed by atoms with Crippen LogP contribution in [0.15, 0.2) is 11.6 Å². The molecule has 4 heterocycles. The van der Waals surface area contributed by atoms with Crippen LogP contribution in [0.2, 0.25) is 0 Å². The molecule has 9 rings (SSSR count). The van der Waals surface area contributed by atoms with Crippen molar-refractivity contribution in [1.82, 2.24) is 0 Å². The molecule has 77 heavy (non-hydrogen) atoms. The Bertz CT molecular complexity index is 2180. The summed E-state index contributed by atoms with van der Waals surface area (Å²) in [6.45, 7) is 13.0. The van der Waals surface area contributed by atoms with Gasteiger partial charge in [0.05, 0.1) is 37.4 Å². The third kappa shape index (κ3) is 9.65. The number of rotatable bonds is 11. The van der Waals surface area contributed by atoms with E-state index >= 15 is 0 Å². The van der Waals surface area contributed by atoms with Crippen molar-refractivity contribution in [2.24, 2.45) is 50.2 Å². The van der Waals surface area contributed by atoms with Crippen molar-refractivity contribution in [1.29, 1.82) is 0 Å². The van der Waals surface area contributed by atoms with Crippen LogP contribution in [0.25, 0.3) is 0 Å². The molecule has 0 bridgehead atoms. The number of aliphatic hydroxyl groups is 13. The Hall–Kier alpha value is -2.12. The van der Waals surface area contributed by atoms with E-state index in [1.165, 1.54) is 5.57 Å². The van der Waals surface area contributed by atoms with Crippen molar-refractivity contribution < 1.29 is 119 Å². The summed E-state index contributed by atoms with van der Waals surface area (Å²) >= 11 is 0. The summed E-state index contributed by atoms with van der Waals surface area (Å²) in [4.78, 5) is 27.4. The Balaban J connectivity index is 0.945. The molecule has 4 aliphatic heterocycles. The highest BCUT2D eigenvalue weighted by molar-refractivity contribution is 5.79. The maximum absolute atomic E-state index is 14.7. The van der Waals surface area contributed by atoms with Crippen LogP contribution in [0.3, 0.4) is 0 Å². The Morgan fingerprint density at radius 1 is 0.597 bits per heavy atom. The van der Waals surface area contributed by atoms with Gasteiger partial charge in [-0.25, -0.2) is 4.79 Å². The minimum Gasteiger partial charge on any atom is -0.479 e. The number of carboxylic acids is 1. The van der Waals surface area contributed by atoms with E-state index in [9.17, 15) is 81.1 Å². The molecule has 5 aliphatic carbocycles. The second-order valence-corrected chi connectivity index (χ2v) is 26.0. The van der Waals surface area contributed by atoms with Gasteiger partial charge in [0.1, 0.15) is 85.5 Å². The number of allylic oxidation sites excluding steroid dienone is 2. The van der Waals surface area contributed by atoms with Gasteiger partial charge in [-0.1, -0.05) is 60.1 Å². The van der Waals surface area contributed by atoms with Crippen molar-refractivity contribution >= 4 is 11.9 Å². The maximum Gasteiger partial charge on any atom is 0.335 e. The molecule has 24 nitrogen and oxygen atoms in total. The van der Waals surface area contributed by atoms with Gasteiger partial charge in [-0.2, -0.15) is 0 Å². The average Bonchev–Trinajstić information content (AvgIpc) is 3.44. The molecule has 4 saturated carbocycles. The van der Waals surface area contributed by atoms with Crippen LogP contribution < -0.4 is 0 Å². The second kappa shape index (κ2) is 21.3. The van der Waals surface area contributed by atoms with E-state index in [-0.39, 0.29) is 35.0 Å². The summed E-state index contributed by atoms with van der Waals surface area (Å²) in [5, 5.41) is 151. The lowest BCUT2D eigenvalue weighted by Gasteiger charge is -2.71. The van der Waals surface area contributed by atoms with Gasteiger partial charge in [0.15, 0.2) is 25.0 Å². The van der Waals surface area contributed by atoms with Crippen LogP contribution in [0.4, 0.5) is 0 Å². The van der Waals surface area contributed by atoms with Gasteiger partial charge in [0, 0.05) is 0 Å². The highest BCUT2D eigenvalue weighted by Gasteiger charge is 2.71. The van der Waals surface area contributed by atoms with Crippen molar-refractivity contribution in [3.8, 4) is 0 Å². The van der Waals surface area contributed by atoms with Gasteiger partial charge >= 0.3 is 11.9 Å². The van der Waals surface area contributed by atoms with Gasteiger partial charge in [0.2, 0.25) is 6.29 Å². The number of aliphatic hydroxyl groups excluding tert-OH is 13. The number of carbonyl (C=O) groups is 2. The highest BCUT2D eigenvalue weighted by atomic mass is 16.8. The highest BCUT2D eigenvalue weighted by Crippen LogP contribution is 2.76. The fourth-order valence-electron chi connectivity index (χ4n) is 16.4. The number of aliphatic carboxylic acids is 1. The van der Waals surface area contributed by atoms with E-state index in [1.54, 1.807) is 0 Å². The van der Waals surface area contributed by atoms with Crippen molar-refractivity contribution in [3.63, 3.8) is 0 Å². The molecule has 9 aliphatic rings. The molecular weight excluding hydrogens is 1020 g/mol. The normalized spacial score (nSPS) is 53.4. The fourth-order valence-corrected chi connectivity index (χ4v) is 16.4. The number of carbonyl (C=O) groups excluding carboxylic acids is 1. The van der Waals surface area contributed by atoms with Crippen LogP contribution in [-0.2, 0) is 47.5 Å². The first kappa shape index (κ1) is 59.5. The molecule has 0 aromatic carbocycles. The van der Waals surface area contributed by atoms with Crippen LogP contribution in [0.1, 0.15) is 106 Å². The molecule has 24 heteroatoms. The average molecular weight is 1110 g/mol. The lowest BCUT2D eigenvalue weighted by Crippen LogP contribution is -2.69. The summed E-state index contributed by atoms with van der Waals surface area (Å²) in [5.41, 5.74) is -2.15. The number of esters is 1. The predicted molar refractivity (Wildman–Crippen MR) is 259 cm³/mol. The summed E-state index contributed by atoms with van der Waals surface area (Å²) in [6, 6.07) is 0. The lowest BCUT2D eigenvalue weighted by molar-refractivity contribution is -0.381. The van der Waals surface area contributed by atoms with Crippen LogP contribution >= 0.6 is 0 Å². The maximum atomic E-state index is 14.7. The summed E-state index contributed by atoms with van der Waals surface area (Å²) < 4.78 is 46.4. The number of hydrogen-bond acceptors (Lipinski definition) is 23. The van der Waals surface area contributed by atoms with E-state index in [0.717, 1.165) is 12.8 Å². The standard InChI is InChI=1S/C53H84O24/c1-48(2)12-14-53(47(69)77-44-34(63)32(61)30(59)25(18-54)71-44)15-13-51(6)21(22(53)16-48)8-9-28-50(5)17-23(56)41(49(3,4)27(50)10-11-52(28,51)7)76-46-37(66)39(35(64)40(75-46)42(67)68)74-45-36(65)38(31(60)26(19-55)72-45)73-43-33(62)29(58)24(57)20-70-43/h8,22-41,43-46,54-66H,9-20H2,1-7H3,(H,67,68). The van der Waals surface area contributed by atoms with Gasteiger partial charge in [-0.3, -0.25) is 4.79 Å². The van der Waals surface area contributed by atoms with E-state index in [4.69, 9.17) is 37.9 Å². The minimum absolute atomic E-state index is 0.00368. The molecule has 28 atom stereocenters. The summed E-state index contributed by atoms with van der Waals surface area (Å²) in [6.07, 6.45) is -28.6. The van der Waals surface area contributed by atoms with Crippen LogP contribution in [0.5, 0.6) is 0 Å². The molecule has 440 valence electrons. The van der Waals surface area contributed by atoms with E-state index in [2.05, 4.69) is 40.7 Å². The molecule has 0 radical (unpaired) electrons. The summed E-state index contributed by atoms with van der Waals surface area (Å²) in [7, 11) is 0. The molecule has 0 spiro atoms. The zero-order chi connectivity index (χ0) is 56.4. The lowest BCUT2D eigenvalue weighted by atomic mass is 9.33. The number of carboxylic acid groups (broad SMARTS) is 1. The zero-order valence-corrected chi connectivity index (χ0v) is 44.8. The molecule has 0 amide bonds. The van der Waals surface area contributed by atoms with Crippen molar-refractivity contribution in [2.75, 3.05) is 19.8 Å². The van der Waals surface area contributed by atoms with E-state index in [0.29, 0.717) is 38.5 Å². The second-order valence-electron chi connectivity index (χ2n) is 26.0.